The van der Waals surface area contributed by atoms with E-state index in [2.05, 4.69) is 43.1 Å². The molecule has 0 aliphatic carbocycles. The molecule has 0 radical (unpaired) electrons. The number of thiol groups is 1. The minimum Gasteiger partial charge on any atom is -0.493 e. The first-order chi connectivity index (χ1) is 12.0. The van der Waals surface area contributed by atoms with E-state index in [1.54, 1.807) is 6.08 Å². The van der Waals surface area contributed by atoms with Crippen LogP contribution in [0.15, 0.2) is 33.4 Å². The van der Waals surface area contributed by atoms with E-state index in [9.17, 15) is 19.1 Å². The number of aromatic amines is 1. The summed E-state index contributed by atoms with van der Waals surface area (Å²) in [5.74, 6) is -2.90. The maximum absolute atomic E-state index is 14.1. The van der Waals surface area contributed by atoms with Gasteiger partial charge in [0.05, 0.1) is 12.2 Å². The number of azo groups is 1. The average Bonchev–Trinajstić information content (AvgIpc) is 3.10. The van der Waals surface area contributed by atoms with Crippen molar-refractivity contribution in [2.45, 2.75) is 5.75 Å². The zero-order valence-electron chi connectivity index (χ0n) is 12.5. The zero-order chi connectivity index (χ0) is 18.0. The van der Waals surface area contributed by atoms with Crippen LogP contribution in [0.5, 0.6) is 5.88 Å². The van der Waals surface area contributed by atoms with Gasteiger partial charge in [0.1, 0.15) is 5.82 Å². The summed E-state index contributed by atoms with van der Waals surface area (Å²) in [5, 5.41) is 19.4. The molecule has 3 N–H and O–H groups in total. The molecule has 1 aliphatic heterocycles. The first-order valence-electron chi connectivity index (χ1n) is 6.97. The summed E-state index contributed by atoms with van der Waals surface area (Å²) in [6, 6.07) is 1.13. The predicted octanol–water partition coefficient (Wildman–Crippen LogP) is 1.50. The summed E-state index contributed by atoms with van der Waals surface area (Å²) in [7, 11) is 0. The van der Waals surface area contributed by atoms with Crippen molar-refractivity contribution < 1.29 is 14.3 Å². The van der Waals surface area contributed by atoms with Crippen LogP contribution in [0, 0.1) is 5.82 Å². The van der Waals surface area contributed by atoms with E-state index >= 15 is 0 Å². The first kappa shape index (κ1) is 16.8. The van der Waals surface area contributed by atoms with Crippen molar-refractivity contribution >= 4 is 30.1 Å². The Morgan fingerprint density at radius 1 is 1.48 bits per heavy atom. The molecule has 0 saturated heterocycles. The maximum atomic E-state index is 14.1. The first-order valence-corrected chi connectivity index (χ1v) is 7.60. The van der Waals surface area contributed by atoms with E-state index in [0.717, 1.165) is 6.07 Å². The molecule has 11 heteroatoms. The highest BCUT2D eigenvalue weighted by Gasteiger charge is 2.21. The Hall–Kier alpha value is -3.08. The van der Waals surface area contributed by atoms with Gasteiger partial charge in [-0.2, -0.15) is 27.8 Å². The predicted molar refractivity (Wildman–Crippen MR) is 89.1 cm³/mol. The second-order valence-corrected chi connectivity index (χ2v) is 5.21. The van der Waals surface area contributed by atoms with Gasteiger partial charge in [0.25, 0.3) is 11.5 Å². The van der Waals surface area contributed by atoms with Crippen molar-refractivity contribution in [3.05, 3.63) is 51.5 Å². The summed E-state index contributed by atoms with van der Waals surface area (Å²) in [5.41, 5.74) is -0.645. The number of anilines is 1. The van der Waals surface area contributed by atoms with Crippen LogP contribution < -0.4 is 10.9 Å². The molecule has 0 unspecified atom stereocenters. The summed E-state index contributed by atoms with van der Waals surface area (Å²) in [4.78, 5) is 33.7. The van der Waals surface area contributed by atoms with Gasteiger partial charge in [0.2, 0.25) is 5.88 Å². The summed E-state index contributed by atoms with van der Waals surface area (Å²) >= 11 is 3.91. The number of rotatable bonds is 4. The van der Waals surface area contributed by atoms with Gasteiger partial charge in [0, 0.05) is 17.5 Å². The number of aromatic hydroxyl groups is 1. The molecule has 0 fully saturated rings. The van der Waals surface area contributed by atoms with Gasteiger partial charge in [-0.3, -0.25) is 9.59 Å². The van der Waals surface area contributed by atoms with Crippen LogP contribution in [-0.4, -0.2) is 32.5 Å². The Kier molecular flexibility index (Phi) is 4.57. The summed E-state index contributed by atoms with van der Waals surface area (Å²) in [6.07, 6.45) is 3.00. The number of hydrogen-bond acceptors (Lipinski definition) is 8. The topological polar surface area (TPSA) is 133 Å². The lowest BCUT2D eigenvalue weighted by molar-refractivity contribution is 0.102. The highest BCUT2D eigenvalue weighted by atomic mass is 32.1. The number of nitrogens with one attached hydrogen (secondary N) is 2. The Morgan fingerprint density at radius 2 is 2.28 bits per heavy atom. The summed E-state index contributed by atoms with van der Waals surface area (Å²) in [6.45, 7) is 0.409. The van der Waals surface area contributed by atoms with Crippen LogP contribution in [0.25, 0.3) is 5.70 Å². The van der Waals surface area contributed by atoms with Gasteiger partial charge in [-0.05, 0) is 12.1 Å². The molecular weight excluding hydrogens is 351 g/mol. The number of carbonyl (C=O) groups excluding carboxylic acids is 1. The van der Waals surface area contributed by atoms with Crippen LogP contribution in [0.2, 0.25) is 0 Å². The highest BCUT2D eigenvalue weighted by molar-refractivity contribution is 7.79. The molecule has 128 valence electrons. The number of pyridine rings is 1. The number of hydrogen-bond donors (Lipinski definition) is 4. The molecule has 0 atom stereocenters. The second-order valence-electron chi connectivity index (χ2n) is 4.89. The number of H-pyrrole nitrogens is 1. The van der Waals surface area contributed by atoms with Gasteiger partial charge in [-0.1, -0.05) is 0 Å². The third-order valence-corrected chi connectivity index (χ3v) is 3.54. The SMILES string of the molecule is O=C(Nc1ncc(C2=CCN=N2)cc1F)c1c(O)nc(CS)[nH]c1=O. The van der Waals surface area contributed by atoms with E-state index in [-0.39, 0.29) is 11.6 Å². The molecule has 0 spiro atoms. The Balaban J connectivity index is 1.86. The normalized spacial score (nSPS) is 13.0. The lowest BCUT2D eigenvalue weighted by Crippen LogP contribution is -2.25. The van der Waals surface area contributed by atoms with Gasteiger partial charge < -0.3 is 15.4 Å². The van der Waals surface area contributed by atoms with Crippen LogP contribution in [0.1, 0.15) is 21.7 Å². The zero-order valence-corrected chi connectivity index (χ0v) is 13.4. The molecule has 9 nitrogen and oxygen atoms in total. The van der Waals surface area contributed by atoms with Crippen molar-refractivity contribution in [1.82, 2.24) is 15.0 Å². The number of amides is 1. The average molecular weight is 362 g/mol. The molecule has 0 saturated carbocycles. The molecule has 25 heavy (non-hydrogen) atoms. The molecule has 3 heterocycles. The van der Waals surface area contributed by atoms with Crippen molar-refractivity contribution in [2.75, 3.05) is 11.9 Å². The Morgan fingerprint density at radius 3 is 2.88 bits per heavy atom. The molecule has 0 aromatic carbocycles. The smallest absolute Gasteiger partial charge is 0.268 e. The molecular formula is C14H11FN6O3S. The fourth-order valence-corrected chi connectivity index (χ4v) is 2.24. The molecule has 0 bridgehead atoms. The molecule has 1 aliphatic rings. The van der Waals surface area contributed by atoms with E-state index < -0.39 is 34.5 Å². The van der Waals surface area contributed by atoms with Gasteiger partial charge in [0.15, 0.2) is 17.2 Å². The number of nitrogens with zero attached hydrogens (tertiary/aromatic N) is 4. The van der Waals surface area contributed by atoms with Crippen molar-refractivity contribution in [2.24, 2.45) is 10.2 Å². The van der Waals surface area contributed by atoms with Gasteiger partial charge in [-0.25, -0.2) is 9.37 Å². The van der Waals surface area contributed by atoms with Crippen molar-refractivity contribution in [3.63, 3.8) is 0 Å². The van der Waals surface area contributed by atoms with Crippen LogP contribution in [-0.2, 0) is 5.75 Å². The van der Waals surface area contributed by atoms with Gasteiger partial charge >= 0.3 is 0 Å². The van der Waals surface area contributed by atoms with Crippen LogP contribution >= 0.6 is 12.6 Å². The Labute approximate surface area is 145 Å². The lowest BCUT2D eigenvalue weighted by atomic mass is 10.2. The van der Waals surface area contributed by atoms with E-state index in [0.29, 0.717) is 17.8 Å². The largest absolute Gasteiger partial charge is 0.493 e. The van der Waals surface area contributed by atoms with E-state index in [4.69, 9.17) is 0 Å². The molecule has 3 rings (SSSR count). The molecule has 1 amide bonds. The standard InChI is InChI=1S/C14H11FN6O3S/c15-7-3-6(8-1-2-17-21-8)4-16-11(7)20-14(24)10-12(22)18-9(5-25)19-13(10)23/h1,3-4,25H,2,5H2,(H,16,20,24)(H2,18,19,22,23). The number of carbonyl (C=O) groups is 1. The summed E-state index contributed by atoms with van der Waals surface area (Å²) < 4.78 is 14.1. The fourth-order valence-electron chi connectivity index (χ4n) is 2.09. The second kappa shape index (κ2) is 6.81. The highest BCUT2D eigenvalue weighted by Crippen LogP contribution is 2.23. The number of aromatic nitrogens is 3. The third kappa shape index (κ3) is 3.40. The maximum Gasteiger partial charge on any atom is 0.268 e. The minimum absolute atomic E-state index is 0.0650. The van der Waals surface area contributed by atoms with Crippen molar-refractivity contribution in [3.8, 4) is 5.88 Å². The monoisotopic (exact) mass is 362 g/mol. The fraction of sp³-hybridized carbons (Fsp3) is 0.143. The lowest BCUT2D eigenvalue weighted by Gasteiger charge is -2.08. The quantitative estimate of drug-likeness (QED) is 0.612. The van der Waals surface area contributed by atoms with Crippen LogP contribution in [0.4, 0.5) is 10.2 Å². The van der Waals surface area contributed by atoms with Crippen molar-refractivity contribution in [1.29, 1.82) is 0 Å². The minimum atomic E-state index is -1.05. The Bertz CT molecular complexity index is 972. The molecule has 2 aromatic rings. The van der Waals surface area contributed by atoms with E-state index in [1.807, 2.05) is 0 Å². The number of halogens is 1. The molecule has 2 aromatic heterocycles. The van der Waals surface area contributed by atoms with Gasteiger partial charge in [-0.15, -0.1) is 0 Å². The van der Waals surface area contributed by atoms with E-state index in [1.165, 1.54) is 6.20 Å². The third-order valence-electron chi connectivity index (χ3n) is 3.24. The van der Waals surface area contributed by atoms with Crippen LogP contribution in [0.3, 0.4) is 0 Å².